The van der Waals surface area contributed by atoms with Crippen LogP contribution in [0.2, 0.25) is 0 Å². The maximum Gasteiger partial charge on any atom is 0.215 e. The Bertz CT molecular complexity index is 950. The van der Waals surface area contributed by atoms with Crippen molar-refractivity contribution in [2.45, 2.75) is 12.7 Å². The van der Waals surface area contributed by atoms with Gasteiger partial charge in [-0.3, -0.25) is 0 Å². The van der Waals surface area contributed by atoms with Crippen LogP contribution >= 0.6 is 0 Å². The average molecular weight is 355 g/mol. The van der Waals surface area contributed by atoms with E-state index < -0.39 is 10.0 Å². The van der Waals surface area contributed by atoms with Gasteiger partial charge in [-0.1, -0.05) is 60.2 Å². The molecule has 0 aliphatic carbocycles. The van der Waals surface area contributed by atoms with Crippen molar-refractivity contribution in [3.05, 3.63) is 77.9 Å². The van der Waals surface area contributed by atoms with Crippen LogP contribution in [0.3, 0.4) is 0 Å². The largest absolute Gasteiger partial charge is 0.492 e. The van der Waals surface area contributed by atoms with E-state index in [1.165, 1.54) is 0 Å². The third kappa shape index (κ3) is 5.05. The third-order valence-electron chi connectivity index (χ3n) is 3.89. The fourth-order valence-electron chi connectivity index (χ4n) is 2.58. The molecule has 0 radical (unpaired) electrons. The summed E-state index contributed by atoms with van der Waals surface area (Å²) in [5, 5.41) is 2.24. The summed E-state index contributed by atoms with van der Waals surface area (Å²) in [7, 11) is -3.37. The van der Waals surface area contributed by atoms with Gasteiger partial charge in [-0.05, 0) is 35.4 Å². The van der Waals surface area contributed by atoms with Gasteiger partial charge in [0, 0.05) is 6.54 Å². The molecule has 0 amide bonds. The molecule has 0 saturated heterocycles. The quantitative estimate of drug-likeness (QED) is 0.658. The Morgan fingerprint density at radius 3 is 2.40 bits per heavy atom. The maximum absolute atomic E-state index is 12.1. The molecule has 3 aromatic carbocycles. The fraction of sp³-hybridized carbons (Fsp3) is 0.200. The first-order valence-electron chi connectivity index (χ1n) is 8.16. The molecular formula is C20H21NO3S. The number of nitrogens with one attached hydrogen (secondary N) is 1. The minimum absolute atomic E-state index is 0.0245. The highest BCUT2D eigenvalue weighted by Gasteiger charge is 2.10. The van der Waals surface area contributed by atoms with Gasteiger partial charge in [0.15, 0.2) is 0 Å². The molecule has 0 bridgehead atoms. The minimum atomic E-state index is -3.37. The number of ether oxygens (including phenoxy) is 1. The zero-order chi connectivity index (χ0) is 17.7. The highest BCUT2D eigenvalue weighted by atomic mass is 32.2. The first-order chi connectivity index (χ1) is 12.0. The summed E-state index contributed by atoms with van der Waals surface area (Å²) in [4.78, 5) is 0. The molecule has 3 rings (SSSR count). The van der Waals surface area contributed by atoms with Crippen molar-refractivity contribution in [3.8, 4) is 5.75 Å². The van der Waals surface area contributed by atoms with Gasteiger partial charge in [-0.2, -0.15) is 0 Å². The molecular weight excluding hydrogens is 334 g/mol. The molecule has 0 spiro atoms. The smallest absolute Gasteiger partial charge is 0.215 e. The van der Waals surface area contributed by atoms with E-state index in [2.05, 4.69) is 4.72 Å². The summed E-state index contributed by atoms with van der Waals surface area (Å²) in [5.41, 5.74) is 1.88. The van der Waals surface area contributed by atoms with E-state index in [1.807, 2.05) is 73.7 Å². The van der Waals surface area contributed by atoms with Crippen LogP contribution in [0, 0.1) is 6.92 Å². The Morgan fingerprint density at radius 1 is 0.920 bits per heavy atom. The topological polar surface area (TPSA) is 55.4 Å². The number of rotatable bonds is 7. The molecule has 0 fully saturated rings. The van der Waals surface area contributed by atoms with E-state index in [4.69, 9.17) is 4.74 Å². The molecule has 3 aromatic rings. The second-order valence-corrected chi connectivity index (χ2v) is 7.80. The third-order valence-corrected chi connectivity index (χ3v) is 5.25. The number of hydrogen-bond donors (Lipinski definition) is 1. The number of aryl methyl sites for hydroxylation is 1. The maximum atomic E-state index is 12.1. The van der Waals surface area contributed by atoms with Crippen LogP contribution in [-0.2, 0) is 15.8 Å². The predicted molar refractivity (Wildman–Crippen MR) is 101 cm³/mol. The zero-order valence-electron chi connectivity index (χ0n) is 14.1. The molecule has 5 heteroatoms. The average Bonchev–Trinajstić information content (AvgIpc) is 2.60. The van der Waals surface area contributed by atoms with Gasteiger partial charge in [0.25, 0.3) is 0 Å². The molecule has 0 aromatic heterocycles. The lowest BCUT2D eigenvalue weighted by Crippen LogP contribution is -2.29. The molecule has 0 saturated carbocycles. The van der Waals surface area contributed by atoms with Crippen LogP contribution in [-0.4, -0.2) is 21.6 Å². The van der Waals surface area contributed by atoms with Crippen molar-refractivity contribution in [1.82, 2.24) is 4.72 Å². The number of sulfonamides is 1. The zero-order valence-corrected chi connectivity index (χ0v) is 14.9. The molecule has 0 heterocycles. The molecule has 130 valence electrons. The highest BCUT2D eigenvalue weighted by Crippen LogP contribution is 2.20. The van der Waals surface area contributed by atoms with Crippen molar-refractivity contribution in [2.24, 2.45) is 0 Å². The molecule has 0 aliphatic rings. The number of hydrogen-bond acceptors (Lipinski definition) is 3. The summed E-state index contributed by atoms with van der Waals surface area (Å²) in [6.45, 7) is 2.49. The van der Waals surface area contributed by atoms with Gasteiger partial charge in [0.1, 0.15) is 12.4 Å². The van der Waals surface area contributed by atoms with Crippen LogP contribution in [0.25, 0.3) is 10.8 Å². The molecule has 0 unspecified atom stereocenters. The Labute approximate surface area is 148 Å². The van der Waals surface area contributed by atoms with Crippen molar-refractivity contribution < 1.29 is 13.2 Å². The van der Waals surface area contributed by atoms with E-state index >= 15 is 0 Å². The van der Waals surface area contributed by atoms with Crippen LogP contribution in [0.4, 0.5) is 0 Å². The van der Waals surface area contributed by atoms with Crippen LogP contribution in [0.1, 0.15) is 11.1 Å². The standard InChI is InChI=1S/C20H21NO3S/c1-16-6-8-17(9-7-16)15-25(22,23)21-12-13-24-20-11-10-18-4-2-3-5-19(18)14-20/h2-11,14,21H,12-13,15H2,1H3. The van der Waals surface area contributed by atoms with E-state index in [0.29, 0.717) is 0 Å². The van der Waals surface area contributed by atoms with Gasteiger partial charge < -0.3 is 4.74 Å². The molecule has 25 heavy (non-hydrogen) atoms. The minimum Gasteiger partial charge on any atom is -0.492 e. The van der Waals surface area contributed by atoms with Gasteiger partial charge >= 0.3 is 0 Å². The first kappa shape index (κ1) is 17.5. The Balaban J connectivity index is 1.50. The molecule has 4 nitrogen and oxygen atoms in total. The number of fused-ring (bicyclic) bond motifs is 1. The predicted octanol–water partition coefficient (Wildman–Crippen LogP) is 3.65. The highest BCUT2D eigenvalue weighted by molar-refractivity contribution is 7.88. The summed E-state index contributed by atoms with van der Waals surface area (Å²) >= 11 is 0. The van der Waals surface area contributed by atoms with Crippen molar-refractivity contribution >= 4 is 20.8 Å². The van der Waals surface area contributed by atoms with Gasteiger partial charge in [-0.15, -0.1) is 0 Å². The lowest BCUT2D eigenvalue weighted by molar-refractivity contribution is 0.323. The SMILES string of the molecule is Cc1ccc(CS(=O)(=O)NCCOc2ccc3ccccc3c2)cc1. The number of benzene rings is 3. The molecule has 0 atom stereocenters. The van der Waals surface area contributed by atoms with E-state index in [-0.39, 0.29) is 18.9 Å². The Morgan fingerprint density at radius 2 is 1.64 bits per heavy atom. The summed E-state index contributed by atoms with van der Waals surface area (Å²) in [6, 6.07) is 21.4. The van der Waals surface area contributed by atoms with Crippen LogP contribution < -0.4 is 9.46 Å². The summed E-state index contributed by atoms with van der Waals surface area (Å²) in [6.07, 6.45) is 0. The second kappa shape index (κ2) is 7.68. The summed E-state index contributed by atoms with van der Waals surface area (Å²) < 4.78 is 32.4. The van der Waals surface area contributed by atoms with Gasteiger partial charge in [0.05, 0.1) is 5.75 Å². The van der Waals surface area contributed by atoms with Crippen LogP contribution in [0.15, 0.2) is 66.7 Å². The first-order valence-corrected chi connectivity index (χ1v) is 9.82. The fourth-order valence-corrected chi connectivity index (χ4v) is 3.71. The van der Waals surface area contributed by atoms with E-state index in [1.54, 1.807) is 0 Å². The van der Waals surface area contributed by atoms with Crippen molar-refractivity contribution in [1.29, 1.82) is 0 Å². The molecule has 1 N–H and O–H groups in total. The van der Waals surface area contributed by atoms with E-state index in [9.17, 15) is 8.42 Å². The lowest BCUT2D eigenvalue weighted by atomic mass is 10.1. The lowest BCUT2D eigenvalue weighted by Gasteiger charge is -2.09. The van der Waals surface area contributed by atoms with Crippen LogP contribution in [0.5, 0.6) is 5.75 Å². The van der Waals surface area contributed by atoms with Gasteiger partial charge in [0.2, 0.25) is 10.0 Å². The monoisotopic (exact) mass is 355 g/mol. The van der Waals surface area contributed by atoms with Gasteiger partial charge in [-0.25, -0.2) is 13.1 Å². The van der Waals surface area contributed by atoms with E-state index in [0.717, 1.165) is 27.6 Å². The Kier molecular flexibility index (Phi) is 5.36. The van der Waals surface area contributed by atoms with Crippen molar-refractivity contribution in [2.75, 3.05) is 13.2 Å². The Hall–Kier alpha value is -2.37. The second-order valence-electron chi connectivity index (χ2n) is 6.00. The summed E-state index contributed by atoms with van der Waals surface area (Å²) in [5.74, 6) is 0.708. The molecule has 0 aliphatic heterocycles. The van der Waals surface area contributed by atoms with Crippen molar-refractivity contribution in [3.63, 3.8) is 0 Å². The normalized spacial score (nSPS) is 11.6.